The molecule has 2 heterocycles. The van der Waals surface area contributed by atoms with Crippen LogP contribution in [-0.4, -0.2) is 38.3 Å². The predicted octanol–water partition coefficient (Wildman–Crippen LogP) is 3.19. The van der Waals surface area contributed by atoms with Gasteiger partial charge in [0.1, 0.15) is 5.75 Å². The zero-order chi connectivity index (χ0) is 18.9. The molecule has 1 saturated heterocycles. The molecule has 0 saturated carbocycles. The summed E-state index contributed by atoms with van der Waals surface area (Å²) < 4.78 is 1.74. The highest BCUT2D eigenvalue weighted by Crippen LogP contribution is 2.57. The molecule has 4 rings (SSSR count). The Hall–Kier alpha value is -2.30. The van der Waals surface area contributed by atoms with Crippen LogP contribution in [0.25, 0.3) is 0 Å². The maximum absolute atomic E-state index is 13.2. The number of benzene rings is 1. The monoisotopic (exact) mass is 353 g/mol. The van der Waals surface area contributed by atoms with E-state index in [9.17, 15) is 9.90 Å². The lowest BCUT2D eigenvalue weighted by Crippen LogP contribution is -2.64. The van der Waals surface area contributed by atoms with E-state index in [0.29, 0.717) is 24.4 Å². The molecule has 2 aromatic rings. The van der Waals surface area contributed by atoms with Crippen LogP contribution in [0.5, 0.6) is 5.75 Å². The second-order valence-electron chi connectivity index (χ2n) is 8.62. The molecular formula is C21H27N3O2. The number of likely N-dealkylation sites (tertiary alicyclic amines) is 1. The van der Waals surface area contributed by atoms with Crippen LogP contribution in [0.15, 0.2) is 24.3 Å². The number of aromatic nitrogens is 2. The minimum Gasteiger partial charge on any atom is -0.508 e. The number of hydrogen-bond donors (Lipinski definition) is 1. The smallest absolute Gasteiger partial charge is 0.274 e. The molecule has 5 heteroatoms. The molecule has 2 atom stereocenters. The van der Waals surface area contributed by atoms with Crippen LogP contribution in [0.4, 0.5) is 0 Å². The summed E-state index contributed by atoms with van der Waals surface area (Å²) in [5.41, 5.74) is 3.55. The normalized spacial score (nSPS) is 26.5. The maximum Gasteiger partial charge on any atom is 0.274 e. The number of carbonyl (C=O) groups excluding carboxylic acids is 1. The molecule has 1 aliphatic heterocycles. The van der Waals surface area contributed by atoms with Crippen molar-refractivity contribution in [1.82, 2.24) is 14.7 Å². The van der Waals surface area contributed by atoms with E-state index in [2.05, 4.69) is 31.9 Å². The van der Waals surface area contributed by atoms with E-state index in [-0.39, 0.29) is 22.8 Å². The topological polar surface area (TPSA) is 58.4 Å². The third-order valence-corrected chi connectivity index (χ3v) is 7.22. The summed E-state index contributed by atoms with van der Waals surface area (Å²) in [7, 11) is 1.86. The summed E-state index contributed by atoms with van der Waals surface area (Å²) in [5, 5.41) is 14.9. The van der Waals surface area contributed by atoms with Gasteiger partial charge in [0.05, 0.1) is 0 Å². The highest BCUT2D eigenvalue weighted by molar-refractivity contribution is 5.93. The van der Waals surface area contributed by atoms with Crippen LogP contribution >= 0.6 is 0 Å². The number of piperidine rings is 1. The van der Waals surface area contributed by atoms with Crippen LogP contribution < -0.4 is 0 Å². The Morgan fingerprint density at radius 2 is 2.04 bits per heavy atom. The first-order valence-corrected chi connectivity index (χ1v) is 9.30. The zero-order valence-corrected chi connectivity index (χ0v) is 16.2. The minimum atomic E-state index is -0.0917. The number of phenolic OH excluding ortho intramolecular Hbond substituents is 1. The maximum atomic E-state index is 13.2. The van der Waals surface area contributed by atoms with Crippen LogP contribution in [0.3, 0.4) is 0 Å². The fraction of sp³-hybridized carbons (Fsp3) is 0.524. The number of phenols is 1. The van der Waals surface area contributed by atoms with Crippen molar-refractivity contribution in [1.29, 1.82) is 0 Å². The second kappa shape index (κ2) is 5.35. The summed E-state index contributed by atoms with van der Waals surface area (Å²) in [5.74, 6) is 0.338. The Bertz CT molecular complexity index is 879. The van der Waals surface area contributed by atoms with E-state index in [1.807, 2.05) is 31.0 Å². The number of hydrogen-bond acceptors (Lipinski definition) is 3. The molecule has 2 bridgehead atoms. The first-order chi connectivity index (χ1) is 12.2. The van der Waals surface area contributed by atoms with Gasteiger partial charge in [-0.3, -0.25) is 9.48 Å². The van der Waals surface area contributed by atoms with E-state index in [1.165, 1.54) is 5.56 Å². The standard InChI is InChI=1S/C21H27N3O2/c1-13-11-16(22-23(13)5)19(26)24-10-9-21(4)15-7-6-8-17(25)14(15)12-18(24)20(21,2)3/h6-8,11,18,25H,9-10,12H2,1-5H3/t18-,21+/m1/s1. The number of amides is 1. The first kappa shape index (κ1) is 17.1. The van der Waals surface area contributed by atoms with Crippen molar-refractivity contribution in [3.63, 3.8) is 0 Å². The van der Waals surface area contributed by atoms with Crippen molar-refractivity contribution in [3.05, 3.63) is 46.8 Å². The third kappa shape index (κ3) is 2.09. The predicted molar refractivity (Wildman–Crippen MR) is 100 cm³/mol. The molecule has 138 valence electrons. The van der Waals surface area contributed by atoms with Gasteiger partial charge in [-0.05, 0) is 48.4 Å². The summed E-state index contributed by atoms with van der Waals surface area (Å²) in [6, 6.07) is 7.73. The third-order valence-electron chi connectivity index (χ3n) is 7.22. The van der Waals surface area contributed by atoms with E-state index < -0.39 is 0 Å². The average Bonchev–Trinajstić information content (AvgIpc) is 2.90. The second-order valence-corrected chi connectivity index (χ2v) is 8.62. The minimum absolute atomic E-state index is 0.00676. The van der Waals surface area contributed by atoms with Crippen molar-refractivity contribution in [2.45, 2.75) is 52.0 Å². The van der Waals surface area contributed by atoms with Gasteiger partial charge in [-0.15, -0.1) is 0 Å². The summed E-state index contributed by atoms with van der Waals surface area (Å²) in [6.45, 7) is 9.47. The number of nitrogens with zero attached hydrogens (tertiary/aromatic N) is 3. The van der Waals surface area contributed by atoms with E-state index in [4.69, 9.17) is 0 Å². The fourth-order valence-corrected chi connectivity index (χ4v) is 4.98. The van der Waals surface area contributed by atoms with Gasteiger partial charge in [-0.2, -0.15) is 5.10 Å². The first-order valence-electron chi connectivity index (χ1n) is 9.30. The Balaban J connectivity index is 1.79. The molecule has 1 fully saturated rings. The van der Waals surface area contributed by atoms with Gasteiger partial charge in [0.2, 0.25) is 0 Å². The van der Waals surface area contributed by atoms with Crippen LogP contribution in [0, 0.1) is 12.3 Å². The Morgan fingerprint density at radius 1 is 1.31 bits per heavy atom. The molecule has 1 amide bonds. The number of aromatic hydroxyl groups is 1. The number of carbonyl (C=O) groups is 1. The summed E-state index contributed by atoms with van der Waals surface area (Å²) in [4.78, 5) is 15.2. The van der Waals surface area contributed by atoms with Gasteiger partial charge in [0, 0.05) is 30.7 Å². The van der Waals surface area contributed by atoms with Crippen molar-refractivity contribution >= 4 is 5.91 Å². The van der Waals surface area contributed by atoms with Gasteiger partial charge >= 0.3 is 0 Å². The molecule has 5 nitrogen and oxygen atoms in total. The van der Waals surface area contributed by atoms with Gasteiger partial charge in [-0.1, -0.05) is 32.9 Å². The Labute approximate surface area is 154 Å². The molecule has 0 radical (unpaired) electrons. The molecule has 1 aromatic heterocycles. The Morgan fingerprint density at radius 3 is 2.69 bits per heavy atom. The van der Waals surface area contributed by atoms with E-state index in [1.54, 1.807) is 10.7 Å². The van der Waals surface area contributed by atoms with Gasteiger partial charge < -0.3 is 10.0 Å². The van der Waals surface area contributed by atoms with Crippen LogP contribution in [0.1, 0.15) is 54.5 Å². The number of aryl methyl sites for hydroxylation is 2. The van der Waals surface area contributed by atoms with Crippen LogP contribution in [0.2, 0.25) is 0 Å². The zero-order valence-electron chi connectivity index (χ0n) is 16.2. The number of rotatable bonds is 1. The summed E-state index contributed by atoms with van der Waals surface area (Å²) in [6.07, 6.45) is 1.56. The lowest BCUT2D eigenvalue weighted by molar-refractivity contribution is -0.0269. The van der Waals surface area contributed by atoms with Gasteiger partial charge in [0.15, 0.2) is 5.69 Å². The molecule has 2 aliphatic rings. The van der Waals surface area contributed by atoms with Crippen molar-refractivity contribution in [3.8, 4) is 5.75 Å². The molecule has 1 aliphatic carbocycles. The lowest BCUT2D eigenvalue weighted by Gasteiger charge is -2.60. The molecule has 1 aromatic carbocycles. The fourth-order valence-electron chi connectivity index (χ4n) is 4.98. The summed E-state index contributed by atoms with van der Waals surface area (Å²) >= 11 is 0. The largest absolute Gasteiger partial charge is 0.508 e. The highest BCUT2D eigenvalue weighted by Gasteiger charge is 2.57. The van der Waals surface area contributed by atoms with E-state index in [0.717, 1.165) is 17.7 Å². The lowest BCUT2D eigenvalue weighted by atomic mass is 9.51. The van der Waals surface area contributed by atoms with Crippen LogP contribution in [-0.2, 0) is 18.9 Å². The quantitative estimate of drug-likeness (QED) is 0.856. The Kier molecular flexibility index (Phi) is 3.52. The highest BCUT2D eigenvalue weighted by atomic mass is 16.3. The molecule has 0 spiro atoms. The van der Waals surface area contributed by atoms with Crippen molar-refractivity contribution in [2.24, 2.45) is 12.5 Å². The average molecular weight is 353 g/mol. The van der Waals surface area contributed by atoms with E-state index >= 15 is 0 Å². The SMILES string of the molecule is Cc1cc(C(=O)N2CC[C@@]3(C)c4cccc(O)c4C[C@@H]2C3(C)C)nn1C. The van der Waals surface area contributed by atoms with Crippen molar-refractivity contribution < 1.29 is 9.90 Å². The molecule has 0 unspecified atom stereocenters. The molecule has 1 N–H and O–H groups in total. The number of fused-ring (bicyclic) bond motifs is 4. The molecule has 26 heavy (non-hydrogen) atoms. The van der Waals surface area contributed by atoms with Crippen molar-refractivity contribution in [2.75, 3.05) is 6.54 Å². The van der Waals surface area contributed by atoms with Gasteiger partial charge in [-0.25, -0.2) is 0 Å². The van der Waals surface area contributed by atoms with Gasteiger partial charge in [0.25, 0.3) is 5.91 Å². The molecular weight excluding hydrogens is 326 g/mol.